The molecule has 0 bridgehead atoms. The van der Waals surface area contributed by atoms with E-state index < -0.39 is 0 Å². The van der Waals surface area contributed by atoms with Crippen molar-refractivity contribution in [2.24, 2.45) is 5.41 Å². The lowest BCUT2D eigenvalue weighted by atomic mass is 9.79. The number of aromatic nitrogens is 2. The van der Waals surface area contributed by atoms with Crippen LogP contribution in [0.3, 0.4) is 0 Å². The first kappa shape index (κ1) is 12.4. The molecule has 1 N–H and O–H groups in total. The summed E-state index contributed by atoms with van der Waals surface area (Å²) in [5.41, 5.74) is 1.18. The molecule has 2 aliphatic heterocycles. The maximum atomic E-state index is 11.3. The molecule has 1 aromatic heterocycles. The summed E-state index contributed by atoms with van der Waals surface area (Å²) in [6.07, 6.45) is 0.650. The topological polar surface area (TPSA) is 58.1 Å². The molecular formula is C14H20N4O. The molecule has 0 radical (unpaired) electrons. The summed E-state index contributed by atoms with van der Waals surface area (Å²) >= 11 is 0. The molecule has 0 aromatic carbocycles. The number of rotatable bonds is 1. The zero-order valence-electron chi connectivity index (χ0n) is 11.7. The van der Waals surface area contributed by atoms with E-state index in [1.807, 2.05) is 12.1 Å². The maximum absolute atomic E-state index is 11.3. The highest BCUT2D eigenvalue weighted by Crippen LogP contribution is 2.38. The molecule has 2 saturated heterocycles. The van der Waals surface area contributed by atoms with Crippen LogP contribution in [-0.4, -0.2) is 35.7 Å². The molecule has 2 fully saturated rings. The number of hydrogen-bond donors (Lipinski definition) is 1. The van der Waals surface area contributed by atoms with Crippen LogP contribution >= 0.6 is 0 Å². The zero-order chi connectivity index (χ0) is 13.7. The van der Waals surface area contributed by atoms with Gasteiger partial charge in [0.2, 0.25) is 5.91 Å². The van der Waals surface area contributed by atoms with Crippen LogP contribution in [-0.2, 0) is 10.2 Å². The van der Waals surface area contributed by atoms with Crippen molar-refractivity contribution in [3.8, 4) is 0 Å². The summed E-state index contributed by atoms with van der Waals surface area (Å²) < 4.78 is 0. The molecule has 1 aromatic rings. The van der Waals surface area contributed by atoms with Gasteiger partial charge in [0.1, 0.15) is 0 Å². The molecule has 0 atom stereocenters. The lowest BCUT2D eigenvalue weighted by molar-refractivity contribution is -0.119. The Hall–Kier alpha value is -1.65. The van der Waals surface area contributed by atoms with Gasteiger partial charge in [0.05, 0.1) is 5.69 Å². The molecular weight excluding hydrogens is 240 g/mol. The van der Waals surface area contributed by atoms with E-state index in [2.05, 4.69) is 41.2 Å². The van der Waals surface area contributed by atoms with Crippen LogP contribution in [0, 0.1) is 5.41 Å². The van der Waals surface area contributed by atoms with Gasteiger partial charge in [-0.15, -0.1) is 5.10 Å². The summed E-state index contributed by atoms with van der Waals surface area (Å²) in [6, 6.07) is 4.08. The minimum Gasteiger partial charge on any atom is -0.355 e. The summed E-state index contributed by atoms with van der Waals surface area (Å²) in [7, 11) is 0. The fraction of sp³-hybridized carbons (Fsp3) is 0.643. The van der Waals surface area contributed by atoms with Crippen LogP contribution in [0.25, 0.3) is 0 Å². The van der Waals surface area contributed by atoms with E-state index in [9.17, 15) is 4.79 Å². The smallest absolute Gasteiger partial charge is 0.220 e. The number of anilines is 1. The van der Waals surface area contributed by atoms with E-state index in [1.165, 1.54) is 0 Å². The van der Waals surface area contributed by atoms with Crippen LogP contribution in [0.4, 0.5) is 5.82 Å². The highest BCUT2D eigenvalue weighted by Gasteiger charge is 2.48. The third-order valence-electron chi connectivity index (χ3n) is 3.99. The predicted octanol–water partition coefficient (Wildman–Crippen LogP) is 1.10. The zero-order valence-corrected chi connectivity index (χ0v) is 11.7. The van der Waals surface area contributed by atoms with Crippen molar-refractivity contribution in [3.63, 3.8) is 0 Å². The molecule has 2 aliphatic rings. The predicted molar refractivity (Wildman–Crippen MR) is 73.0 cm³/mol. The second kappa shape index (κ2) is 3.92. The third-order valence-corrected chi connectivity index (χ3v) is 3.99. The Labute approximate surface area is 113 Å². The van der Waals surface area contributed by atoms with Gasteiger partial charge in [0, 0.05) is 36.9 Å². The SMILES string of the molecule is CC(C)(C)c1ccc(N2CC3(CNC(=O)C3)C2)nn1. The number of amides is 1. The lowest BCUT2D eigenvalue weighted by Gasteiger charge is -2.47. The second-order valence-electron chi connectivity index (χ2n) is 6.84. The Morgan fingerprint density at radius 1 is 1.26 bits per heavy atom. The summed E-state index contributed by atoms with van der Waals surface area (Å²) in [5, 5.41) is 11.5. The molecule has 3 heterocycles. The minimum absolute atomic E-state index is 0.0312. The number of nitrogens with one attached hydrogen (secondary N) is 1. The Balaban J connectivity index is 1.68. The molecule has 0 aliphatic carbocycles. The van der Waals surface area contributed by atoms with Crippen molar-refractivity contribution >= 4 is 11.7 Å². The fourth-order valence-corrected chi connectivity index (χ4v) is 2.79. The summed E-state index contributed by atoms with van der Waals surface area (Å²) in [4.78, 5) is 13.5. The quantitative estimate of drug-likeness (QED) is 0.821. The molecule has 19 heavy (non-hydrogen) atoms. The van der Waals surface area contributed by atoms with Gasteiger partial charge in [-0.3, -0.25) is 4.79 Å². The van der Waals surface area contributed by atoms with Crippen LogP contribution in [0.15, 0.2) is 12.1 Å². The van der Waals surface area contributed by atoms with E-state index in [-0.39, 0.29) is 16.7 Å². The molecule has 5 heteroatoms. The highest BCUT2D eigenvalue weighted by molar-refractivity contribution is 5.80. The summed E-state index contributed by atoms with van der Waals surface area (Å²) in [6.45, 7) is 8.99. The largest absolute Gasteiger partial charge is 0.355 e. The van der Waals surface area contributed by atoms with Gasteiger partial charge in [-0.2, -0.15) is 5.10 Å². The van der Waals surface area contributed by atoms with E-state index >= 15 is 0 Å². The van der Waals surface area contributed by atoms with Gasteiger partial charge in [-0.05, 0) is 12.1 Å². The number of carbonyl (C=O) groups excluding carboxylic acids is 1. The maximum Gasteiger partial charge on any atom is 0.220 e. The standard InChI is InChI=1S/C14H20N4O/c1-13(2,3)10-4-5-11(17-16-10)18-8-14(9-18)6-12(19)15-7-14/h4-5H,6-9H2,1-3H3,(H,15,19). The minimum atomic E-state index is 0.0312. The average molecular weight is 260 g/mol. The van der Waals surface area contributed by atoms with Crippen molar-refractivity contribution in [2.75, 3.05) is 24.5 Å². The number of hydrogen-bond acceptors (Lipinski definition) is 4. The molecule has 1 spiro atoms. The van der Waals surface area contributed by atoms with Gasteiger partial charge >= 0.3 is 0 Å². The van der Waals surface area contributed by atoms with Gasteiger partial charge < -0.3 is 10.2 Å². The molecule has 102 valence electrons. The van der Waals surface area contributed by atoms with Crippen LogP contribution in [0.5, 0.6) is 0 Å². The van der Waals surface area contributed by atoms with Crippen LogP contribution in [0.2, 0.25) is 0 Å². The van der Waals surface area contributed by atoms with Crippen molar-refractivity contribution in [2.45, 2.75) is 32.6 Å². The Kier molecular flexibility index (Phi) is 2.56. The Morgan fingerprint density at radius 2 is 2.00 bits per heavy atom. The molecule has 3 rings (SSSR count). The fourth-order valence-electron chi connectivity index (χ4n) is 2.79. The van der Waals surface area contributed by atoms with Crippen molar-refractivity contribution in [1.29, 1.82) is 0 Å². The normalized spacial score (nSPS) is 21.4. The monoisotopic (exact) mass is 260 g/mol. The first-order chi connectivity index (χ1) is 8.88. The van der Waals surface area contributed by atoms with E-state index in [4.69, 9.17) is 0 Å². The van der Waals surface area contributed by atoms with Crippen molar-refractivity contribution in [1.82, 2.24) is 15.5 Å². The van der Waals surface area contributed by atoms with Crippen molar-refractivity contribution < 1.29 is 4.79 Å². The first-order valence-electron chi connectivity index (χ1n) is 6.74. The second-order valence-corrected chi connectivity index (χ2v) is 6.84. The van der Waals surface area contributed by atoms with Gasteiger partial charge in [0.15, 0.2) is 5.82 Å². The van der Waals surface area contributed by atoms with Gasteiger partial charge in [-0.25, -0.2) is 0 Å². The number of nitrogens with zero attached hydrogens (tertiary/aromatic N) is 3. The average Bonchev–Trinajstić information content (AvgIpc) is 2.69. The molecule has 0 saturated carbocycles. The van der Waals surface area contributed by atoms with Crippen LogP contribution < -0.4 is 10.2 Å². The molecule has 5 nitrogen and oxygen atoms in total. The van der Waals surface area contributed by atoms with Crippen molar-refractivity contribution in [3.05, 3.63) is 17.8 Å². The highest BCUT2D eigenvalue weighted by atomic mass is 16.1. The van der Waals surface area contributed by atoms with E-state index in [0.717, 1.165) is 31.1 Å². The van der Waals surface area contributed by atoms with Gasteiger partial charge in [-0.1, -0.05) is 20.8 Å². The summed E-state index contributed by atoms with van der Waals surface area (Å²) in [5.74, 6) is 1.09. The Bertz CT molecular complexity index is 497. The molecule has 0 unspecified atom stereocenters. The molecule has 1 amide bonds. The first-order valence-corrected chi connectivity index (χ1v) is 6.74. The Morgan fingerprint density at radius 3 is 2.47 bits per heavy atom. The van der Waals surface area contributed by atoms with Crippen LogP contribution in [0.1, 0.15) is 32.9 Å². The lowest BCUT2D eigenvalue weighted by Crippen LogP contribution is -2.57. The van der Waals surface area contributed by atoms with E-state index in [0.29, 0.717) is 6.42 Å². The third kappa shape index (κ3) is 2.17. The van der Waals surface area contributed by atoms with E-state index in [1.54, 1.807) is 0 Å². The van der Waals surface area contributed by atoms with Gasteiger partial charge in [0.25, 0.3) is 0 Å². The number of carbonyl (C=O) groups is 1.